The number of rotatable bonds is 19. The maximum atomic E-state index is 15.5. The molecule has 0 unspecified atom stereocenters. The first-order chi connectivity index (χ1) is 38.3. The zero-order chi connectivity index (χ0) is 55.2. The van der Waals surface area contributed by atoms with Crippen LogP contribution in [0.1, 0.15) is 72.7 Å². The molecule has 2 aliphatic heterocycles. The summed E-state index contributed by atoms with van der Waals surface area (Å²) in [5, 5.41) is 23.8. The van der Waals surface area contributed by atoms with Crippen LogP contribution in [0.15, 0.2) is 202 Å². The van der Waals surface area contributed by atoms with E-state index in [1.807, 2.05) is 182 Å². The molecule has 19 heteroatoms. The van der Waals surface area contributed by atoms with Crippen molar-refractivity contribution in [1.82, 2.24) is 25.4 Å². The molecule has 1 saturated heterocycles. The number of carbonyl (C=O) groups is 4. The highest BCUT2D eigenvalue weighted by atomic mass is 35.5. The van der Waals surface area contributed by atoms with Gasteiger partial charge in [0.05, 0.1) is 11.5 Å². The van der Waals surface area contributed by atoms with Crippen molar-refractivity contribution in [3.8, 4) is 0 Å². The van der Waals surface area contributed by atoms with Crippen LogP contribution in [0.2, 0.25) is 4.34 Å². The highest BCUT2D eigenvalue weighted by Crippen LogP contribution is 2.46. The molecular formula is C60H53ClN8O7S3. The molecule has 0 spiro atoms. The molecule has 2 aliphatic rings. The first kappa shape index (κ1) is 54.2. The van der Waals surface area contributed by atoms with Gasteiger partial charge in [0, 0.05) is 28.6 Å². The van der Waals surface area contributed by atoms with E-state index in [1.165, 1.54) is 28.0 Å². The lowest BCUT2D eigenvalue weighted by Gasteiger charge is -2.50. The molecule has 0 radical (unpaired) electrons. The Balaban J connectivity index is 1.06. The summed E-state index contributed by atoms with van der Waals surface area (Å²) >= 11 is 10.9. The van der Waals surface area contributed by atoms with E-state index in [9.17, 15) is 14.4 Å². The quantitative estimate of drug-likeness (QED) is 0.0174. The number of benzene rings is 6. The number of hydrogen-bond donors (Lipinski definition) is 3. The molecule has 3 N–H and O–H groups in total. The second-order valence-corrected chi connectivity index (χ2v) is 23.3. The van der Waals surface area contributed by atoms with E-state index in [2.05, 4.69) is 26.1 Å². The standard InChI is InChI=1S/C60H53ClN8O7S3/c1-58(2,3)54(73)75-37-74-53(72)49-45(77-57-67-66-55(62-4)79-57)36-35-44-46(52(71)69(44)49)63-51(70)48(68-76-60(41-29-17-8-18-30-41,42-31-19-9-20-32-42)43-33-21-10-22-34-43)47-50(61)78-56(64-47)65-59(38-23-11-5-12-24-38,39-25-13-6-14-26-39)40-27-15-7-16-28-40/h5-34,44,46H,35-37H2,1-4H3,(H,62,66)(H,63,70)(H,64,65)/t44-,46+/m1/s1. The predicted octanol–water partition coefficient (Wildman–Crippen LogP) is 11.4. The zero-order valence-corrected chi connectivity index (χ0v) is 46.5. The van der Waals surface area contributed by atoms with Crippen molar-refractivity contribution in [2.75, 3.05) is 24.5 Å². The van der Waals surface area contributed by atoms with Crippen LogP contribution >= 0.6 is 46.0 Å². The number of fused-ring (bicyclic) bond motifs is 1. The Morgan fingerprint density at radius 1 is 0.696 bits per heavy atom. The lowest BCUT2D eigenvalue weighted by atomic mass is 9.77. The largest absolute Gasteiger partial charge is 0.427 e. The predicted molar refractivity (Wildman–Crippen MR) is 307 cm³/mol. The van der Waals surface area contributed by atoms with Gasteiger partial charge in [-0.15, -0.1) is 10.2 Å². The van der Waals surface area contributed by atoms with Gasteiger partial charge in [0.2, 0.25) is 17.5 Å². The Hall–Kier alpha value is -8.16. The topological polar surface area (TPSA) is 186 Å². The van der Waals surface area contributed by atoms with E-state index < -0.39 is 59.2 Å². The zero-order valence-electron chi connectivity index (χ0n) is 43.3. The summed E-state index contributed by atoms with van der Waals surface area (Å²) in [6.45, 7) is 4.35. The number of β-lactam (4-membered cyclic amide) rings is 1. The molecule has 15 nitrogen and oxygen atoms in total. The van der Waals surface area contributed by atoms with Crippen LogP contribution in [-0.4, -0.2) is 75.5 Å². The summed E-state index contributed by atoms with van der Waals surface area (Å²) in [7, 11) is 1.72. The first-order valence-corrected chi connectivity index (χ1v) is 28.1. The van der Waals surface area contributed by atoms with Gasteiger partial charge in [-0.05, 0) is 50.3 Å². The van der Waals surface area contributed by atoms with Gasteiger partial charge in [0.15, 0.2) is 15.2 Å². The highest BCUT2D eigenvalue weighted by molar-refractivity contribution is 8.04. The molecule has 10 rings (SSSR count). The third-order valence-electron chi connectivity index (χ3n) is 13.5. The van der Waals surface area contributed by atoms with Gasteiger partial charge < -0.3 is 30.3 Å². The Labute approximate surface area is 474 Å². The van der Waals surface area contributed by atoms with Crippen molar-refractivity contribution in [3.63, 3.8) is 0 Å². The molecule has 2 amide bonds. The maximum absolute atomic E-state index is 15.5. The van der Waals surface area contributed by atoms with Crippen molar-refractivity contribution >= 4 is 85.8 Å². The monoisotopic (exact) mass is 1130 g/mol. The van der Waals surface area contributed by atoms with E-state index in [1.54, 1.807) is 27.8 Å². The third-order valence-corrected chi connectivity index (χ3v) is 16.8. The summed E-state index contributed by atoms with van der Waals surface area (Å²) < 4.78 is 11.4. The highest BCUT2D eigenvalue weighted by Gasteiger charge is 2.55. The summed E-state index contributed by atoms with van der Waals surface area (Å²) in [4.78, 5) is 70.8. The normalized spacial score (nSPS) is 15.6. The summed E-state index contributed by atoms with van der Waals surface area (Å²) in [6.07, 6.45) is 0.629. The second-order valence-electron chi connectivity index (χ2n) is 19.4. The van der Waals surface area contributed by atoms with Gasteiger partial charge in [-0.25, -0.2) is 9.78 Å². The maximum Gasteiger partial charge on any atom is 0.358 e. The van der Waals surface area contributed by atoms with Crippen molar-refractivity contribution in [2.24, 2.45) is 10.6 Å². The molecule has 8 aromatic rings. The van der Waals surface area contributed by atoms with Crippen molar-refractivity contribution in [2.45, 2.75) is 61.2 Å². The summed E-state index contributed by atoms with van der Waals surface area (Å²) in [6, 6.07) is 56.8. The van der Waals surface area contributed by atoms with Crippen molar-refractivity contribution in [3.05, 3.63) is 236 Å². The second kappa shape index (κ2) is 23.4. The lowest BCUT2D eigenvalue weighted by Crippen LogP contribution is -2.72. The van der Waals surface area contributed by atoms with Gasteiger partial charge in [-0.1, -0.05) is 233 Å². The fourth-order valence-corrected chi connectivity index (χ4v) is 12.7. The average molecular weight is 1130 g/mol. The fraction of sp³-hybridized carbons (Fsp3) is 0.200. The van der Waals surface area contributed by atoms with E-state index in [0.29, 0.717) is 49.0 Å². The number of aromatic nitrogens is 3. The lowest BCUT2D eigenvalue weighted by molar-refractivity contribution is -0.174. The number of hydrogen-bond acceptors (Lipinski definition) is 16. The number of nitrogens with one attached hydrogen (secondary N) is 3. The number of allylic oxidation sites excluding steroid dienone is 1. The van der Waals surface area contributed by atoms with E-state index in [4.69, 9.17) is 36.1 Å². The number of carbonyl (C=O) groups excluding carboxylic acids is 4. The number of ether oxygens (including phenoxy) is 2. The molecule has 400 valence electrons. The number of esters is 2. The number of oxime groups is 1. The molecule has 79 heavy (non-hydrogen) atoms. The number of halogens is 1. The Morgan fingerprint density at radius 2 is 1.19 bits per heavy atom. The Morgan fingerprint density at radius 3 is 1.66 bits per heavy atom. The molecule has 4 heterocycles. The number of thioether (sulfide) groups is 1. The minimum absolute atomic E-state index is 0.0178. The van der Waals surface area contributed by atoms with Crippen LogP contribution in [0.5, 0.6) is 0 Å². The number of anilines is 2. The fourth-order valence-electron chi connectivity index (χ4n) is 9.63. The Kier molecular flexibility index (Phi) is 16.1. The molecule has 0 aliphatic carbocycles. The average Bonchev–Trinajstić information content (AvgIpc) is 4.24. The van der Waals surface area contributed by atoms with Crippen LogP contribution in [0.4, 0.5) is 10.3 Å². The molecular weight excluding hydrogens is 1080 g/mol. The molecule has 1 fully saturated rings. The van der Waals surface area contributed by atoms with Gasteiger partial charge in [-0.2, -0.15) is 0 Å². The molecule has 0 saturated carbocycles. The number of amides is 2. The van der Waals surface area contributed by atoms with Crippen molar-refractivity contribution < 1.29 is 33.5 Å². The smallest absolute Gasteiger partial charge is 0.358 e. The first-order valence-electron chi connectivity index (χ1n) is 25.3. The third kappa shape index (κ3) is 11.0. The SMILES string of the molecule is CNc1nnc(SC2=C(C(=O)OCOC(=O)C(C)(C)C)N3C(=O)[C@@H](NC(=O)C(=NOC(c4ccccc4)(c4ccccc4)c4ccccc4)c4nc(NC(c5ccccc5)(c5ccccc5)c5ccccc5)sc4Cl)[C@H]3CC2)s1. The van der Waals surface area contributed by atoms with Crippen LogP contribution < -0.4 is 16.0 Å². The van der Waals surface area contributed by atoms with E-state index in [-0.39, 0.29) is 21.4 Å². The van der Waals surface area contributed by atoms with Crippen LogP contribution in [0.3, 0.4) is 0 Å². The number of nitrogens with zero attached hydrogens (tertiary/aromatic N) is 5. The van der Waals surface area contributed by atoms with Crippen LogP contribution in [0, 0.1) is 5.41 Å². The summed E-state index contributed by atoms with van der Waals surface area (Å²) in [5.74, 6) is -2.90. The minimum Gasteiger partial charge on any atom is -0.427 e. The summed E-state index contributed by atoms with van der Waals surface area (Å²) in [5.41, 5.74) is 1.12. The van der Waals surface area contributed by atoms with Crippen LogP contribution in [0.25, 0.3) is 0 Å². The van der Waals surface area contributed by atoms with E-state index in [0.717, 1.165) is 28.0 Å². The van der Waals surface area contributed by atoms with Gasteiger partial charge in [0.1, 0.15) is 27.3 Å². The van der Waals surface area contributed by atoms with E-state index >= 15 is 4.79 Å². The number of thiazole rings is 1. The molecule has 6 aromatic carbocycles. The Bertz CT molecular complexity index is 3340. The minimum atomic E-state index is -1.44. The molecule has 0 bridgehead atoms. The van der Waals surface area contributed by atoms with Crippen molar-refractivity contribution in [1.29, 1.82) is 0 Å². The van der Waals surface area contributed by atoms with Gasteiger partial charge in [0.25, 0.3) is 11.8 Å². The van der Waals surface area contributed by atoms with Crippen LogP contribution in [-0.2, 0) is 44.6 Å². The van der Waals surface area contributed by atoms with Gasteiger partial charge >= 0.3 is 11.9 Å². The van der Waals surface area contributed by atoms with Gasteiger partial charge in [-0.3, -0.25) is 19.3 Å². The molecule has 2 aromatic heterocycles. The molecule has 2 atom stereocenters.